The summed E-state index contributed by atoms with van der Waals surface area (Å²) < 4.78 is 0. The van der Waals surface area contributed by atoms with Crippen molar-refractivity contribution in [3.8, 4) is 0 Å². The predicted octanol–water partition coefficient (Wildman–Crippen LogP) is 1.39. The molecule has 0 radical (unpaired) electrons. The van der Waals surface area contributed by atoms with Crippen molar-refractivity contribution in [2.45, 2.75) is 25.7 Å². The van der Waals surface area contributed by atoms with E-state index in [-0.39, 0.29) is 0 Å². The molecular weight excluding hydrogens is 160 g/mol. The van der Waals surface area contributed by atoms with Gasteiger partial charge in [-0.05, 0) is 38.9 Å². The Morgan fingerprint density at radius 1 is 1.23 bits per heavy atom. The van der Waals surface area contributed by atoms with E-state index in [1.54, 1.807) is 5.57 Å². The van der Waals surface area contributed by atoms with Gasteiger partial charge in [0, 0.05) is 13.1 Å². The van der Waals surface area contributed by atoms with Crippen LogP contribution in [0, 0.1) is 0 Å². The minimum Gasteiger partial charge on any atom is -0.313 e. The van der Waals surface area contributed by atoms with Crippen LogP contribution in [0.4, 0.5) is 0 Å². The Hall–Kier alpha value is -0.340. The van der Waals surface area contributed by atoms with Crippen molar-refractivity contribution in [1.29, 1.82) is 0 Å². The molecule has 74 valence electrons. The first-order valence-electron chi connectivity index (χ1n) is 5.56. The quantitative estimate of drug-likeness (QED) is 0.646. The van der Waals surface area contributed by atoms with Gasteiger partial charge in [0.2, 0.25) is 0 Å². The van der Waals surface area contributed by atoms with Crippen molar-refractivity contribution in [3.05, 3.63) is 11.6 Å². The number of piperidine rings is 1. The Morgan fingerprint density at radius 2 is 2.08 bits per heavy atom. The van der Waals surface area contributed by atoms with Crippen LogP contribution in [0.15, 0.2) is 11.6 Å². The summed E-state index contributed by atoms with van der Waals surface area (Å²) in [5, 5.41) is 3.36. The van der Waals surface area contributed by atoms with Gasteiger partial charge in [-0.3, -0.25) is 4.90 Å². The van der Waals surface area contributed by atoms with Gasteiger partial charge in [-0.2, -0.15) is 0 Å². The van der Waals surface area contributed by atoms with Crippen molar-refractivity contribution >= 4 is 0 Å². The van der Waals surface area contributed by atoms with Crippen molar-refractivity contribution in [2.24, 2.45) is 0 Å². The fourth-order valence-electron chi connectivity index (χ4n) is 2.22. The number of likely N-dealkylation sites (tertiary alicyclic amines) is 1. The van der Waals surface area contributed by atoms with Gasteiger partial charge >= 0.3 is 0 Å². The highest BCUT2D eigenvalue weighted by molar-refractivity contribution is 5.08. The summed E-state index contributed by atoms with van der Waals surface area (Å²) in [4.78, 5) is 2.61. The lowest BCUT2D eigenvalue weighted by atomic mass is 10.1. The van der Waals surface area contributed by atoms with Crippen LogP contribution in [-0.2, 0) is 0 Å². The second kappa shape index (κ2) is 4.77. The SMILES string of the molecule is C1=C(CN2CCCCC2)CCNC1. The zero-order valence-electron chi connectivity index (χ0n) is 8.39. The van der Waals surface area contributed by atoms with E-state index in [1.807, 2.05) is 0 Å². The number of nitrogens with zero attached hydrogens (tertiary/aromatic N) is 1. The van der Waals surface area contributed by atoms with E-state index in [4.69, 9.17) is 0 Å². The van der Waals surface area contributed by atoms with Crippen LogP contribution in [0.5, 0.6) is 0 Å². The first-order valence-corrected chi connectivity index (χ1v) is 5.56. The predicted molar refractivity (Wildman–Crippen MR) is 55.9 cm³/mol. The molecule has 2 heterocycles. The van der Waals surface area contributed by atoms with Crippen molar-refractivity contribution in [2.75, 3.05) is 32.7 Å². The largest absolute Gasteiger partial charge is 0.313 e. The maximum Gasteiger partial charge on any atom is 0.0193 e. The molecule has 2 aliphatic heterocycles. The zero-order valence-corrected chi connectivity index (χ0v) is 8.39. The number of hydrogen-bond donors (Lipinski definition) is 1. The number of nitrogens with one attached hydrogen (secondary N) is 1. The lowest BCUT2D eigenvalue weighted by molar-refractivity contribution is 0.244. The second-order valence-electron chi connectivity index (χ2n) is 4.15. The maximum absolute atomic E-state index is 3.36. The van der Waals surface area contributed by atoms with E-state index in [9.17, 15) is 0 Å². The average Bonchev–Trinajstić information content (AvgIpc) is 2.21. The van der Waals surface area contributed by atoms with Gasteiger partial charge in [0.05, 0.1) is 0 Å². The normalized spacial score (nSPS) is 25.7. The summed E-state index contributed by atoms with van der Waals surface area (Å²) in [6.07, 6.45) is 7.89. The Balaban J connectivity index is 1.78. The van der Waals surface area contributed by atoms with E-state index in [0.29, 0.717) is 0 Å². The second-order valence-corrected chi connectivity index (χ2v) is 4.15. The first-order chi connectivity index (χ1) is 6.45. The van der Waals surface area contributed by atoms with Crippen molar-refractivity contribution in [3.63, 3.8) is 0 Å². The Labute approximate surface area is 81.0 Å². The maximum atomic E-state index is 3.36. The van der Waals surface area contributed by atoms with Gasteiger partial charge in [-0.25, -0.2) is 0 Å². The molecule has 0 aromatic carbocycles. The van der Waals surface area contributed by atoms with E-state index in [0.717, 1.165) is 6.54 Å². The molecule has 2 rings (SSSR count). The number of rotatable bonds is 2. The molecule has 0 amide bonds. The molecule has 2 heteroatoms. The monoisotopic (exact) mass is 180 g/mol. The third kappa shape index (κ3) is 2.82. The molecule has 1 saturated heterocycles. The first kappa shape index (κ1) is 9.22. The standard InChI is InChI=1S/C11H20N2/c1-2-8-13(9-3-1)10-11-4-6-12-7-5-11/h4,12H,1-3,5-10H2. The third-order valence-electron chi connectivity index (χ3n) is 3.03. The molecule has 0 spiro atoms. The van der Waals surface area contributed by atoms with Gasteiger partial charge in [0.1, 0.15) is 0 Å². The van der Waals surface area contributed by atoms with E-state index in [2.05, 4.69) is 16.3 Å². The van der Waals surface area contributed by atoms with Crippen LogP contribution in [-0.4, -0.2) is 37.6 Å². The van der Waals surface area contributed by atoms with Gasteiger partial charge < -0.3 is 5.32 Å². The lowest BCUT2D eigenvalue weighted by Gasteiger charge is -2.28. The van der Waals surface area contributed by atoms with Crippen LogP contribution in [0.1, 0.15) is 25.7 Å². The molecule has 0 aliphatic carbocycles. The fraction of sp³-hybridized carbons (Fsp3) is 0.818. The van der Waals surface area contributed by atoms with Gasteiger partial charge in [0.15, 0.2) is 0 Å². The molecule has 2 aliphatic rings. The molecule has 2 nitrogen and oxygen atoms in total. The Morgan fingerprint density at radius 3 is 2.77 bits per heavy atom. The molecule has 0 atom stereocenters. The lowest BCUT2D eigenvalue weighted by Crippen LogP contribution is -2.33. The third-order valence-corrected chi connectivity index (χ3v) is 3.03. The summed E-state index contributed by atoms with van der Waals surface area (Å²) in [5.74, 6) is 0. The van der Waals surface area contributed by atoms with E-state index >= 15 is 0 Å². The highest BCUT2D eigenvalue weighted by Crippen LogP contribution is 2.13. The Kier molecular flexibility index (Phi) is 3.39. The summed E-state index contributed by atoms with van der Waals surface area (Å²) in [6, 6.07) is 0. The average molecular weight is 180 g/mol. The van der Waals surface area contributed by atoms with Crippen molar-refractivity contribution in [1.82, 2.24) is 10.2 Å². The molecule has 1 N–H and O–H groups in total. The molecule has 0 unspecified atom stereocenters. The summed E-state index contributed by atoms with van der Waals surface area (Å²) in [7, 11) is 0. The smallest absolute Gasteiger partial charge is 0.0193 e. The van der Waals surface area contributed by atoms with E-state index < -0.39 is 0 Å². The van der Waals surface area contributed by atoms with Crippen LogP contribution in [0.2, 0.25) is 0 Å². The van der Waals surface area contributed by atoms with Crippen LogP contribution in [0.3, 0.4) is 0 Å². The van der Waals surface area contributed by atoms with Crippen LogP contribution >= 0.6 is 0 Å². The number of hydrogen-bond acceptors (Lipinski definition) is 2. The molecular formula is C11H20N2. The molecule has 0 bridgehead atoms. The van der Waals surface area contributed by atoms with Crippen molar-refractivity contribution < 1.29 is 0 Å². The van der Waals surface area contributed by atoms with Crippen LogP contribution < -0.4 is 5.32 Å². The highest BCUT2D eigenvalue weighted by atomic mass is 15.1. The van der Waals surface area contributed by atoms with Gasteiger partial charge in [0.25, 0.3) is 0 Å². The summed E-state index contributed by atoms with van der Waals surface area (Å²) in [5.41, 5.74) is 1.65. The minimum absolute atomic E-state index is 1.09. The summed E-state index contributed by atoms with van der Waals surface area (Å²) >= 11 is 0. The highest BCUT2D eigenvalue weighted by Gasteiger charge is 2.12. The molecule has 0 saturated carbocycles. The summed E-state index contributed by atoms with van der Waals surface area (Å²) in [6.45, 7) is 6.15. The fourth-order valence-corrected chi connectivity index (χ4v) is 2.22. The van der Waals surface area contributed by atoms with Gasteiger partial charge in [-0.1, -0.05) is 18.1 Å². The van der Waals surface area contributed by atoms with E-state index in [1.165, 1.54) is 51.9 Å². The zero-order chi connectivity index (χ0) is 8.93. The minimum atomic E-state index is 1.09. The molecule has 13 heavy (non-hydrogen) atoms. The van der Waals surface area contributed by atoms with Gasteiger partial charge in [-0.15, -0.1) is 0 Å². The molecule has 0 aromatic rings. The topological polar surface area (TPSA) is 15.3 Å². The van der Waals surface area contributed by atoms with Crippen LogP contribution in [0.25, 0.3) is 0 Å². The molecule has 0 aromatic heterocycles. The Bertz CT molecular complexity index is 181. The molecule has 1 fully saturated rings.